The highest BCUT2D eigenvalue weighted by Crippen LogP contribution is 2.44. The van der Waals surface area contributed by atoms with Gasteiger partial charge in [-0.25, -0.2) is 4.79 Å². The zero-order valence-corrected chi connectivity index (χ0v) is 17.5. The van der Waals surface area contributed by atoms with Gasteiger partial charge in [0.1, 0.15) is 6.61 Å². The normalized spacial score (nSPS) is 13.2. The maximum absolute atomic E-state index is 12.5. The highest BCUT2D eigenvalue weighted by molar-refractivity contribution is 6.30. The van der Waals surface area contributed by atoms with Gasteiger partial charge in [-0.05, 0) is 46.4 Å². The minimum Gasteiger partial charge on any atom is -0.481 e. The number of hydrogen-bond acceptors (Lipinski definition) is 3. The third-order valence-electron chi connectivity index (χ3n) is 5.46. The molecule has 1 atom stereocenters. The highest BCUT2D eigenvalue weighted by Gasteiger charge is 2.29. The Balaban J connectivity index is 1.43. The number of carbonyl (C=O) groups is 2. The first-order valence-corrected chi connectivity index (χ1v) is 10.5. The summed E-state index contributed by atoms with van der Waals surface area (Å²) in [6, 6.07) is 22.7. The van der Waals surface area contributed by atoms with Crippen molar-refractivity contribution < 1.29 is 19.4 Å². The Hall–Kier alpha value is -3.31. The van der Waals surface area contributed by atoms with E-state index >= 15 is 0 Å². The molecule has 2 N–H and O–H groups in total. The zero-order valence-electron chi connectivity index (χ0n) is 16.8. The smallest absolute Gasteiger partial charge is 0.407 e. The summed E-state index contributed by atoms with van der Waals surface area (Å²) < 4.78 is 5.54. The molecule has 0 heterocycles. The fraction of sp³-hybridized carbons (Fsp3) is 0.200. The number of alkyl carbamates (subject to hydrolysis) is 1. The molecule has 3 aromatic rings. The van der Waals surface area contributed by atoms with Gasteiger partial charge in [0.2, 0.25) is 0 Å². The molecule has 158 valence electrons. The Morgan fingerprint density at radius 2 is 1.61 bits per heavy atom. The van der Waals surface area contributed by atoms with Crippen molar-refractivity contribution in [3.8, 4) is 11.1 Å². The van der Waals surface area contributed by atoms with E-state index < -0.39 is 18.1 Å². The van der Waals surface area contributed by atoms with Crippen LogP contribution in [0, 0.1) is 0 Å². The highest BCUT2D eigenvalue weighted by atomic mass is 35.5. The summed E-state index contributed by atoms with van der Waals surface area (Å²) in [5, 5.41) is 12.5. The quantitative estimate of drug-likeness (QED) is 0.530. The summed E-state index contributed by atoms with van der Waals surface area (Å²) in [7, 11) is 0. The van der Waals surface area contributed by atoms with E-state index in [4.69, 9.17) is 16.3 Å². The van der Waals surface area contributed by atoms with Gasteiger partial charge in [-0.1, -0.05) is 72.3 Å². The molecule has 0 saturated heterocycles. The van der Waals surface area contributed by atoms with Gasteiger partial charge in [0, 0.05) is 17.0 Å². The molecule has 1 amide bonds. The molecule has 1 aliphatic rings. The summed E-state index contributed by atoms with van der Waals surface area (Å²) in [5.41, 5.74) is 5.39. The minimum atomic E-state index is -0.994. The van der Waals surface area contributed by atoms with Crippen LogP contribution < -0.4 is 5.32 Å². The largest absolute Gasteiger partial charge is 0.481 e. The van der Waals surface area contributed by atoms with E-state index in [2.05, 4.69) is 17.4 Å². The van der Waals surface area contributed by atoms with E-state index in [9.17, 15) is 14.7 Å². The molecule has 4 rings (SSSR count). The van der Waals surface area contributed by atoms with Gasteiger partial charge >= 0.3 is 12.1 Å². The van der Waals surface area contributed by atoms with Crippen molar-refractivity contribution in [3.63, 3.8) is 0 Å². The van der Waals surface area contributed by atoms with Crippen LogP contribution in [-0.2, 0) is 16.0 Å². The topological polar surface area (TPSA) is 75.6 Å². The lowest BCUT2D eigenvalue weighted by molar-refractivity contribution is -0.137. The first-order chi connectivity index (χ1) is 15.0. The fourth-order valence-corrected chi connectivity index (χ4v) is 4.35. The first-order valence-electron chi connectivity index (χ1n) is 10.1. The Morgan fingerprint density at radius 1 is 0.968 bits per heavy atom. The van der Waals surface area contributed by atoms with E-state index in [1.165, 1.54) is 0 Å². The van der Waals surface area contributed by atoms with Crippen LogP contribution in [0.2, 0.25) is 5.02 Å². The second kappa shape index (κ2) is 9.23. The van der Waals surface area contributed by atoms with Gasteiger partial charge in [0.05, 0.1) is 6.42 Å². The van der Waals surface area contributed by atoms with Crippen molar-refractivity contribution in [2.45, 2.75) is 24.8 Å². The summed E-state index contributed by atoms with van der Waals surface area (Å²) in [6.45, 7) is 0.177. The van der Waals surface area contributed by atoms with Crippen LogP contribution in [0.3, 0.4) is 0 Å². The molecule has 1 unspecified atom stereocenters. The molecule has 0 aliphatic heterocycles. The van der Waals surface area contributed by atoms with Crippen molar-refractivity contribution in [3.05, 3.63) is 94.5 Å². The number of benzene rings is 3. The Bertz CT molecular complexity index is 1070. The predicted octanol–water partition coefficient (Wildman–Crippen LogP) is 5.26. The van der Waals surface area contributed by atoms with Crippen molar-refractivity contribution in [2.24, 2.45) is 0 Å². The molecule has 0 radical (unpaired) electrons. The molecular formula is C25H22ClNO4. The molecule has 3 aromatic carbocycles. The number of carboxylic acid groups (broad SMARTS) is 1. The number of fused-ring (bicyclic) bond motifs is 3. The Labute approximate surface area is 185 Å². The van der Waals surface area contributed by atoms with Gasteiger partial charge in [-0.15, -0.1) is 0 Å². The van der Waals surface area contributed by atoms with Crippen LogP contribution in [0.15, 0.2) is 72.8 Å². The molecule has 0 spiro atoms. The lowest BCUT2D eigenvalue weighted by Crippen LogP contribution is -2.39. The molecule has 5 nitrogen and oxygen atoms in total. The van der Waals surface area contributed by atoms with Crippen LogP contribution in [0.1, 0.15) is 29.0 Å². The third-order valence-corrected chi connectivity index (χ3v) is 5.69. The van der Waals surface area contributed by atoms with Gasteiger partial charge < -0.3 is 15.2 Å². The van der Waals surface area contributed by atoms with Crippen LogP contribution >= 0.6 is 11.6 Å². The third kappa shape index (κ3) is 4.89. The van der Waals surface area contributed by atoms with Gasteiger partial charge in [0.15, 0.2) is 0 Å². The minimum absolute atomic E-state index is 0.0518. The van der Waals surface area contributed by atoms with E-state index in [1.807, 2.05) is 42.5 Å². The number of hydrogen-bond donors (Lipinski definition) is 2. The average Bonchev–Trinajstić information content (AvgIpc) is 3.06. The van der Waals surface area contributed by atoms with E-state index in [1.54, 1.807) is 18.2 Å². The van der Waals surface area contributed by atoms with Crippen molar-refractivity contribution in [1.29, 1.82) is 0 Å². The van der Waals surface area contributed by atoms with Gasteiger partial charge in [0.25, 0.3) is 0 Å². The van der Waals surface area contributed by atoms with Crippen LogP contribution in [-0.4, -0.2) is 29.8 Å². The average molecular weight is 436 g/mol. The number of halogens is 1. The van der Waals surface area contributed by atoms with Crippen molar-refractivity contribution in [1.82, 2.24) is 5.32 Å². The maximum atomic E-state index is 12.5. The molecule has 31 heavy (non-hydrogen) atoms. The fourth-order valence-electron chi connectivity index (χ4n) is 4.14. The molecular weight excluding hydrogens is 414 g/mol. The van der Waals surface area contributed by atoms with Crippen LogP contribution in [0.4, 0.5) is 4.79 Å². The van der Waals surface area contributed by atoms with Crippen LogP contribution in [0.5, 0.6) is 0 Å². The van der Waals surface area contributed by atoms with Crippen molar-refractivity contribution >= 4 is 23.7 Å². The molecule has 0 fully saturated rings. The second-order valence-electron chi connectivity index (χ2n) is 7.60. The number of carboxylic acids is 1. The number of ether oxygens (including phenoxy) is 1. The van der Waals surface area contributed by atoms with Crippen LogP contribution in [0.25, 0.3) is 11.1 Å². The maximum Gasteiger partial charge on any atom is 0.407 e. The van der Waals surface area contributed by atoms with E-state index in [0.29, 0.717) is 11.4 Å². The molecule has 0 aromatic heterocycles. The number of amides is 1. The number of nitrogens with one attached hydrogen (secondary N) is 1. The Morgan fingerprint density at radius 3 is 2.23 bits per heavy atom. The summed E-state index contributed by atoms with van der Waals surface area (Å²) >= 11 is 6.02. The van der Waals surface area contributed by atoms with E-state index in [0.717, 1.165) is 27.8 Å². The number of carbonyl (C=O) groups excluding carboxylic acids is 1. The predicted molar refractivity (Wildman–Crippen MR) is 119 cm³/mol. The van der Waals surface area contributed by atoms with Crippen molar-refractivity contribution in [2.75, 3.05) is 6.61 Å². The zero-order chi connectivity index (χ0) is 21.8. The Kier molecular flexibility index (Phi) is 6.23. The molecule has 0 saturated carbocycles. The molecule has 1 aliphatic carbocycles. The van der Waals surface area contributed by atoms with Gasteiger partial charge in [-0.3, -0.25) is 4.79 Å². The summed E-state index contributed by atoms with van der Waals surface area (Å²) in [4.78, 5) is 23.8. The standard InChI is InChI=1S/C25H22ClNO4/c26-17-7-5-6-16(12-17)13-18(14-24(28)29)27-25(30)31-15-23-21-10-3-1-8-19(21)20-9-2-4-11-22(20)23/h1-12,18,23H,13-15H2,(H,27,30)(H,28,29). The monoisotopic (exact) mass is 435 g/mol. The second-order valence-corrected chi connectivity index (χ2v) is 8.04. The first kappa shape index (κ1) is 20.9. The molecule has 6 heteroatoms. The lowest BCUT2D eigenvalue weighted by atomic mass is 9.98. The van der Waals surface area contributed by atoms with Gasteiger partial charge in [-0.2, -0.15) is 0 Å². The molecule has 0 bridgehead atoms. The summed E-state index contributed by atoms with van der Waals surface area (Å²) in [6.07, 6.45) is -0.497. The number of aliphatic carboxylic acids is 1. The SMILES string of the molecule is O=C(O)CC(Cc1cccc(Cl)c1)NC(=O)OCC1c2ccccc2-c2ccccc21. The summed E-state index contributed by atoms with van der Waals surface area (Å²) in [5.74, 6) is -1.05. The van der Waals surface area contributed by atoms with E-state index in [-0.39, 0.29) is 18.9 Å². The number of rotatable bonds is 7. The lowest BCUT2D eigenvalue weighted by Gasteiger charge is -2.19.